The van der Waals surface area contributed by atoms with Crippen LogP contribution >= 0.6 is 46.4 Å². The van der Waals surface area contributed by atoms with Crippen LogP contribution in [0.4, 0.5) is 13.2 Å². The summed E-state index contributed by atoms with van der Waals surface area (Å²) in [6.07, 6.45) is -5.51. The van der Waals surface area contributed by atoms with Crippen molar-refractivity contribution in [3.63, 3.8) is 0 Å². The maximum absolute atomic E-state index is 12.5. The van der Waals surface area contributed by atoms with Crippen LogP contribution < -0.4 is 0 Å². The van der Waals surface area contributed by atoms with Crippen molar-refractivity contribution in [1.82, 2.24) is 0 Å². The minimum atomic E-state index is -4.81. The average Bonchev–Trinajstić information content (AvgIpc) is 2.12. The van der Waals surface area contributed by atoms with Crippen molar-refractivity contribution < 1.29 is 18.0 Å². The van der Waals surface area contributed by atoms with Crippen LogP contribution in [0, 0.1) is 5.92 Å². The fourth-order valence-corrected chi connectivity index (χ4v) is 2.06. The molecule has 0 radical (unpaired) electrons. The zero-order valence-corrected chi connectivity index (χ0v) is 11.9. The molecule has 0 aliphatic carbocycles. The topological polar surface area (TPSA) is 17.1 Å². The Bertz CT molecular complexity index is 265. The van der Waals surface area contributed by atoms with Crippen LogP contribution in [0.3, 0.4) is 0 Å². The van der Waals surface area contributed by atoms with E-state index in [0.29, 0.717) is 0 Å². The van der Waals surface area contributed by atoms with Crippen LogP contribution in [0.1, 0.15) is 19.8 Å². The van der Waals surface area contributed by atoms with Crippen molar-refractivity contribution >= 4 is 52.2 Å². The van der Waals surface area contributed by atoms with Crippen molar-refractivity contribution in [2.75, 3.05) is 5.88 Å². The summed E-state index contributed by atoms with van der Waals surface area (Å²) in [5.74, 6) is -1.94. The van der Waals surface area contributed by atoms with E-state index in [1.807, 2.05) is 0 Å². The van der Waals surface area contributed by atoms with E-state index in [9.17, 15) is 18.0 Å². The van der Waals surface area contributed by atoms with Gasteiger partial charge in [0.05, 0.1) is 5.88 Å². The lowest BCUT2D eigenvalue weighted by atomic mass is 9.93. The predicted molar refractivity (Wildman–Crippen MR) is 64.3 cm³/mol. The lowest BCUT2D eigenvalue weighted by molar-refractivity contribution is -0.146. The molecule has 2 unspecified atom stereocenters. The zero-order valence-electron chi connectivity index (χ0n) is 8.83. The first-order valence-corrected chi connectivity index (χ1v) is 6.41. The van der Waals surface area contributed by atoms with E-state index < -0.39 is 39.9 Å². The normalized spacial score (nSPS) is 16.7. The highest BCUT2D eigenvalue weighted by Crippen LogP contribution is 2.45. The lowest BCUT2D eigenvalue weighted by Gasteiger charge is -2.27. The van der Waals surface area contributed by atoms with Crippen molar-refractivity contribution in [1.29, 1.82) is 0 Å². The highest BCUT2D eigenvalue weighted by Gasteiger charge is 2.54. The molecule has 0 saturated carbocycles. The van der Waals surface area contributed by atoms with Gasteiger partial charge in [0, 0.05) is 11.3 Å². The number of carbonyl (C=O) groups is 1. The molecule has 0 amide bonds. The zero-order chi connectivity index (χ0) is 13.9. The summed E-state index contributed by atoms with van der Waals surface area (Å²) in [4.78, 5) is 11.4. The third-order valence-electron chi connectivity index (χ3n) is 2.11. The van der Waals surface area contributed by atoms with Gasteiger partial charge in [-0.3, -0.25) is 4.79 Å². The Morgan fingerprint density at radius 1 is 1.29 bits per heavy atom. The summed E-state index contributed by atoms with van der Waals surface area (Å²) in [5, 5.41) is -0.468. The van der Waals surface area contributed by atoms with E-state index in [-0.39, 0.29) is 6.42 Å². The third kappa shape index (κ3) is 5.86. The van der Waals surface area contributed by atoms with Gasteiger partial charge in [0.1, 0.15) is 0 Å². The maximum atomic E-state index is 12.5. The Balaban J connectivity index is 4.80. The number of Topliss-reactive ketones (excluding diaryl/α,β-unsaturated/α-hetero) is 1. The molecule has 0 fully saturated rings. The molecule has 17 heavy (non-hydrogen) atoms. The number of carbonyl (C=O) groups excluding carboxylic acids is 1. The largest absolute Gasteiger partial charge is 0.421 e. The van der Waals surface area contributed by atoms with Crippen molar-refractivity contribution in [2.24, 2.45) is 5.92 Å². The summed E-state index contributed by atoms with van der Waals surface area (Å²) < 4.78 is 34.4. The molecule has 0 bridgehead atoms. The molecular formula is C9H11Cl4F3O. The SMILES string of the molecule is CC(Cl)CC(CC(Cl)(Cl)C(F)(F)F)C(=O)CCl. The Morgan fingerprint density at radius 2 is 1.76 bits per heavy atom. The number of hydrogen-bond donors (Lipinski definition) is 0. The van der Waals surface area contributed by atoms with Crippen molar-refractivity contribution in [3.8, 4) is 0 Å². The van der Waals surface area contributed by atoms with Gasteiger partial charge < -0.3 is 0 Å². The number of ketones is 1. The molecule has 0 spiro atoms. The van der Waals surface area contributed by atoms with Crippen LogP contribution in [-0.4, -0.2) is 27.5 Å². The average molecular weight is 334 g/mol. The Morgan fingerprint density at radius 3 is 2.06 bits per heavy atom. The summed E-state index contributed by atoms with van der Waals surface area (Å²) in [6, 6.07) is 0. The molecule has 0 saturated heterocycles. The van der Waals surface area contributed by atoms with Crippen LogP contribution in [0.5, 0.6) is 0 Å². The number of alkyl halides is 7. The van der Waals surface area contributed by atoms with Gasteiger partial charge in [-0.1, -0.05) is 23.2 Å². The molecule has 0 N–H and O–H groups in total. The van der Waals surface area contributed by atoms with Gasteiger partial charge in [0.25, 0.3) is 0 Å². The van der Waals surface area contributed by atoms with Gasteiger partial charge >= 0.3 is 6.18 Å². The lowest BCUT2D eigenvalue weighted by Crippen LogP contribution is -2.38. The summed E-state index contributed by atoms with van der Waals surface area (Å²) in [6.45, 7) is 1.56. The summed E-state index contributed by atoms with van der Waals surface area (Å²) in [5.41, 5.74) is 0. The molecule has 0 aliphatic heterocycles. The molecule has 0 aromatic carbocycles. The minimum absolute atomic E-state index is 0.0460. The third-order valence-corrected chi connectivity index (χ3v) is 3.29. The molecule has 0 aromatic rings. The van der Waals surface area contributed by atoms with Gasteiger partial charge in [-0.25, -0.2) is 0 Å². The van der Waals surface area contributed by atoms with Gasteiger partial charge in [0.15, 0.2) is 5.78 Å². The Kier molecular flexibility index (Phi) is 6.93. The van der Waals surface area contributed by atoms with Gasteiger partial charge in [-0.2, -0.15) is 13.2 Å². The number of hydrogen-bond acceptors (Lipinski definition) is 1. The molecule has 0 aliphatic rings. The van der Waals surface area contributed by atoms with Crippen molar-refractivity contribution in [3.05, 3.63) is 0 Å². The van der Waals surface area contributed by atoms with E-state index in [1.165, 1.54) is 0 Å². The van der Waals surface area contributed by atoms with Crippen LogP contribution in [0.25, 0.3) is 0 Å². The van der Waals surface area contributed by atoms with E-state index in [2.05, 4.69) is 0 Å². The number of halogens is 7. The minimum Gasteiger partial charge on any atom is -0.298 e. The Labute approximate surface area is 118 Å². The Hall–Kier alpha value is 0.620. The van der Waals surface area contributed by atoms with Crippen LogP contribution in [0.15, 0.2) is 0 Å². The second-order valence-electron chi connectivity index (χ2n) is 3.72. The van der Waals surface area contributed by atoms with E-state index >= 15 is 0 Å². The first-order valence-electron chi connectivity index (χ1n) is 4.68. The van der Waals surface area contributed by atoms with E-state index in [4.69, 9.17) is 46.4 Å². The van der Waals surface area contributed by atoms with Gasteiger partial charge in [-0.15, -0.1) is 23.2 Å². The monoisotopic (exact) mass is 332 g/mol. The molecule has 2 atom stereocenters. The second kappa shape index (κ2) is 6.69. The van der Waals surface area contributed by atoms with Crippen molar-refractivity contribution in [2.45, 2.75) is 35.7 Å². The fourth-order valence-electron chi connectivity index (χ4n) is 1.25. The van der Waals surface area contributed by atoms with E-state index in [1.54, 1.807) is 6.92 Å². The van der Waals surface area contributed by atoms with E-state index in [0.717, 1.165) is 0 Å². The second-order valence-corrected chi connectivity index (χ2v) is 6.22. The van der Waals surface area contributed by atoms with Crippen LogP contribution in [-0.2, 0) is 4.79 Å². The molecule has 0 rings (SSSR count). The molecule has 1 nitrogen and oxygen atoms in total. The quantitative estimate of drug-likeness (QED) is 0.651. The predicted octanol–water partition coefficient (Wildman–Crippen LogP) is 4.55. The number of rotatable bonds is 6. The van der Waals surface area contributed by atoms with Crippen LogP contribution in [0.2, 0.25) is 0 Å². The highest BCUT2D eigenvalue weighted by atomic mass is 35.5. The van der Waals surface area contributed by atoms with Gasteiger partial charge in [0.2, 0.25) is 4.33 Å². The first kappa shape index (κ1) is 17.6. The summed E-state index contributed by atoms with van der Waals surface area (Å²) >= 11 is 21.4. The molecule has 8 heteroatoms. The molecular weight excluding hydrogens is 323 g/mol. The molecule has 0 aromatic heterocycles. The first-order chi connectivity index (χ1) is 7.51. The maximum Gasteiger partial charge on any atom is 0.421 e. The molecule has 0 heterocycles. The highest BCUT2D eigenvalue weighted by molar-refractivity contribution is 6.49. The smallest absolute Gasteiger partial charge is 0.298 e. The standard InChI is InChI=1S/C9H11Cl4F3O/c1-5(11)2-6(7(17)4-10)3-8(12,13)9(14,15)16/h5-6H,2-4H2,1H3. The summed E-state index contributed by atoms with van der Waals surface area (Å²) in [7, 11) is 0. The van der Waals surface area contributed by atoms with Gasteiger partial charge in [-0.05, 0) is 19.8 Å². The fraction of sp³-hybridized carbons (Fsp3) is 0.889. The molecule has 102 valence electrons.